The molecule has 5 atom stereocenters. The maximum absolute atomic E-state index is 10.7. The van der Waals surface area contributed by atoms with E-state index >= 15 is 0 Å². The highest BCUT2D eigenvalue weighted by atomic mass is 32.2. The van der Waals surface area contributed by atoms with E-state index in [4.69, 9.17) is 4.74 Å². The van der Waals surface area contributed by atoms with Crippen LogP contribution in [0.5, 0.6) is 5.75 Å². The van der Waals surface area contributed by atoms with Crippen LogP contribution < -0.4 is 0 Å². The molecule has 3 aromatic carbocycles. The molecule has 1 aliphatic heterocycles. The number of aliphatic hydroxyl groups excluding tert-OH is 4. The number of hydrogen-bond acceptors (Lipinski definition) is 7. The summed E-state index contributed by atoms with van der Waals surface area (Å²) < 4.78 is 7.60. The molecule has 1 aliphatic rings. The van der Waals surface area contributed by atoms with E-state index < -0.39 is 37.3 Å². The van der Waals surface area contributed by atoms with Gasteiger partial charge in [0.25, 0.3) is 0 Å². The van der Waals surface area contributed by atoms with Crippen molar-refractivity contribution in [2.75, 3.05) is 6.61 Å². The Morgan fingerprint density at radius 2 is 1.70 bits per heavy atom. The number of fused-ring (bicyclic) bond motifs is 2. The lowest BCUT2D eigenvalue weighted by Crippen LogP contribution is -2.56. The second kappa shape index (κ2) is 8.64. The van der Waals surface area contributed by atoms with Crippen LogP contribution >= 0.6 is 11.8 Å². The summed E-state index contributed by atoms with van der Waals surface area (Å²) in [6, 6.07) is 17.1. The quantitative estimate of drug-likeness (QED) is 0.313. The third-order valence-corrected chi connectivity index (χ3v) is 7.22. The standard InChI is InChI=1S/C25H25NO6S/c1-13-3-2-4-18-20(33-17-8-6-14-9-16(28)7-5-15(14)10-17)11-26(21(13)18)25-24(31)23(30)22(29)19(12-27)32-25/h2-11,19,22-25,27-31H,12H2,1H3/t19-,22-,23+,24-,25-/m1/s1. The number of phenols is 1. The molecule has 8 heteroatoms. The van der Waals surface area contributed by atoms with E-state index in [0.29, 0.717) is 0 Å². The summed E-state index contributed by atoms with van der Waals surface area (Å²) in [6.45, 7) is 1.48. The zero-order valence-corrected chi connectivity index (χ0v) is 18.7. The molecule has 33 heavy (non-hydrogen) atoms. The lowest BCUT2D eigenvalue weighted by molar-refractivity contribution is -0.250. The summed E-state index contributed by atoms with van der Waals surface area (Å²) in [4.78, 5) is 1.94. The van der Waals surface area contributed by atoms with Gasteiger partial charge < -0.3 is 34.8 Å². The molecule has 0 radical (unpaired) electrons. The Labute approximate surface area is 194 Å². The Kier molecular flexibility index (Phi) is 5.82. The van der Waals surface area contributed by atoms with Crippen LogP contribution in [0.15, 0.2) is 70.6 Å². The van der Waals surface area contributed by atoms with E-state index in [1.807, 2.05) is 55.6 Å². The predicted octanol–water partition coefficient (Wildman–Crippen LogP) is 2.93. The number of aromatic nitrogens is 1. The number of para-hydroxylation sites is 1. The molecule has 2 heterocycles. The molecule has 5 N–H and O–H groups in total. The van der Waals surface area contributed by atoms with Gasteiger partial charge in [-0.25, -0.2) is 0 Å². The molecular formula is C25H25NO6S. The van der Waals surface area contributed by atoms with Crippen LogP contribution in [0, 0.1) is 6.92 Å². The highest BCUT2D eigenvalue weighted by Crippen LogP contribution is 2.40. The van der Waals surface area contributed by atoms with Crippen LogP contribution in [-0.4, -0.2) is 61.1 Å². The lowest BCUT2D eigenvalue weighted by Gasteiger charge is -2.40. The van der Waals surface area contributed by atoms with Gasteiger partial charge in [0.15, 0.2) is 6.23 Å². The zero-order valence-electron chi connectivity index (χ0n) is 17.9. The minimum atomic E-state index is -1.45. The van der Waals surface area contributed by atoms with Gasteiger partial charge in [0.1, 0.15) is 30.2 Å². The number of rotatable bonds is 4. The SMILES string of the molecule is Cc1cccc2c(Sc3ccc4cc(O)ccc4c3)cn([C@@H]3O[C@H](CO)[C@@H](O)[C@H](O)[C@H]3O)c12. The molecule has 0 amide bonds. The molecule has 7 nitrogen and oxygen atoms in total. The van der Waals surface area contributed by atoms with Gasteiger partial charge in [0.05, 0.1) is 12.1 Å². The van der Waals surface area contributed by atoms with Crippen molar-refractivity contribution in [3.63, 3.8) is 0 Å². The number of ether oxygens (including phenoxy) is 1. The van der Waals surface area contributed by atoms with Gasteiger partial charge in [-0.05, 0) is 47.5 Å². The smallest absolute Gasteiger partial charge is 0.163 e. The van der Waals surface area contributed by atoms with Gasteiger partial charge in [-0.3, -0.25) is 0 Å². The first-order valence-electron chi connectivity index (χ1n) is 10.7. The van der Waals surface area contributed by atoms with Crippen LogP contribution in [0.1, 0.15) is 11.8 Å². The Balaban J connectivity index is 1.58. The fraction of sp³-hybridized carbons (Fsp3) is 0.280. The van der Waals surface area contributed by atoms with E-state index in [2.05, 4.69) is 0 Å². The summed E-state index contributed by atoms with van der Waals surface area (Å²) in [7, 11) is 0. The number of nitrogens with zero attached hydrogens (tertiary/aromatic N) is 1. The molecule has 0 saturated carbocycles. The van der Waals surface area contributed by atoms with Gasteiger partial charge in [-0.1, -0.05) is 42.1 Å². The van der Waals surface area contributed by atoms with E-state index in [0.717, 1.165) is 37.0 Å². The number of aromatic hydroxyl groups is 1. The normalized spacial score (nSPS) is 25.7. The average Bonchev–Trinajstić information content (AvgIpc) is 3.17. The highest BCUT2D eigenvalue weighted by molar-refractivity contribution is 7.99. The minimum Gasteiger partial charge on any atom is -0.508 e. The maximum Gasteiger partial charge on any atom is 0.163 e. The molecule has 0 spiro atoms. The Bertz CT molecular complexity index is 1320. The summed E-state index contributed by atoms with van der Waals surface area (Å²) in [5.74, 6) is 0.223. The Morgan fingerprint density at radius 1 is 0.939 bits per heavy atom. The van der Waals surface area contributed by atoms with Gasteiger partial charge in [0, 0.05) is 21.4 Å². The fourth-order valence-corrected chi connectivity index (χ4v) is 5.47. The van der Waals surface area contributed by atoms with E-state index in [-0.39, 0.29) is 5.75 Å². The largest absolute Gasteiger partial charge is 0.508 e. The minimum absolute atomic E-state index is 0.223. The van der Waals surface area contributed by atoms with E-state index in [9.17, 15) is 25.5 Å². The second-order valence-electron chi connectivity index (χ2n) is 8.39. The second-order valence-corrected chi connectivity index (χ2v) is 9.50. The molecule has 1 saturated heterocycles. The van der Waals surface area contributed by atoms with Crippen LogP contribution in [-0.2, 0) is 4.74 Å². The van der Waals surface area contributed by atoms with Gasteiger partial charge in [-0.2, -0.15) is 0 Å². The number of hydrogen-bond donors (Lipinski definition) is 5. The van der Waals surface area contributed by atoms with Crippen molar-refractivity contribution in [1.29, 1.82) is 0 Å². The number of phenolic OH excluding ortho intramolecular Hbond substituents is 1. The van der Waals surface area contributed by atoms with Crippen molar-refractivity contribution in [3.05, 3.63) is 66.4 Å². The van der Waals surface area contributed by atoms with Crippen molar-refractivity contribution in [2.24, 2.45) is 0 Å². The molecule has 1 fully saturated rings. The number of aryl methyl sites for hydroxylation is 1. The summed E-state index contributed by atoms with van der Waals surface area (Å²) in [5, 5.41) is 53.4. The van der Waals surface area contributed by atoms with Crippen LogP contribution in [0.25, 0.3) is 21.7 Å². The monoisotopic (exact) mass is 467 g/mol. The molecule has 1 aromatic heterocycles. The Hall–Kier alpha value is -2.59. The third kappa shape index (κ3) is 3.89. The van der Waals surface area contributed by atoms with Crippen molar-refractivity contribution < 1.29 is 30.3 Å². The molecular weight excluding hydrogens is 442 g/mol. The first-order valence-corrected chi connectivity index (χ1v) is 11.5. The zero-order chi connectivity index (χ0) is 23.3. The highest BCUT2D eigenvalue weighted by Gasteiger charge is 2.44. The van der Waals surface area contributed by atoms with Crippen molar-refractivity contribution in [3.8, 4) is 5.75 Å². The Morgan fingerprint density at radius 3 is 2.48 bits per heavy atom. The van der Waals surface area contributed by atoms with E-state index in [1.165, 1.54) is 0 Å². The van der Waals surface area contributed by atoms with Crippen molar-refractivity contribution in [1.82, 2.24) is 4.57 Å². The van der Waals surface area contributed by atoms with Crippen molar-refractivity contribution in [2.45, 2.75) is 47.4 Å². The molecule has 0 aliphatic carbocycles. The molecule has 172 valence electrons. The number of aliphatic hydroxyl groups is 4. The average molecular weight is 468 g/mol. The molecule has 0 unspecified atom stereocenters. The summed E-state index contributed by atoms with van der Waals surface area (Å²) in [6.07, 6.45) is -4.31. The fourth-order valence-electron chi connectivity index (χ4n) is 4.46. The summed E-state index contributed by atoms with van der Waals surface area (Å²) in [5.41, 5.74) is 1.81. The molecule has 5 rings (SSSR count). The van der Waals surface area contributed by atoms with Gasteiger partial charge in [-0.15, -0.1) is 0 Å². The third-order valence-electron chi connectivity index (χ3n) is 6.18. The summed E-state index contributed by atoms with van der Waals surface area (Å²) >= 11 is 1.56. The topological polar surface area (TPSA) is 115 Å². The predicted molar refractivity (Wildman–Crippen MR) is 125 cm³/mol. The number of benzene rings is 3. The lowest BCUT2D eigenvalue weighted by atomic mass is 9.98. The van der Waals surface area contributed by atoms with E-state index in [1.54, 1.807) is 28.5 Å². The molecule has 4 aromatic rings. The van der Waals surface area contributed by atoms with Crippen LogP contribution in [0.4, 0.5) is 0 Å². The van der Waals surface area contributed by atoms with Crippen LogP contribution in [0.2, 0.25) is 0 Å². The first kappa shape index (κ1) is 22.2. The maximum atomic E-state index is 10.7. The first-order chi connectivity index (χ1) is 15.9. The molecule has 0 bridgehead atoms. The van der Waals surface area contributed by atoms with Gasteiger partial charge in [0.2, 0.25) is 0 Å². The van der Waals surface area contributed by atoms with Crippen molar-refractivity contribution >= 4 is 33.4 Å². The van der Waals surface area contributed by atoms with Gasteiger partial charge >= 0.3 is 0 Å². The van der Waals surface area contributed by atoms with Crippen LogP contribution in [0.3, 0.4) is 0 Å².